The number of hydrogen-bond acceptors (Lipinski definition) is 5. The van der Waals surface area contributed by atoms with Crippen LogP contribution in [0.2, 0.25) is 0 Å². The van der Waals surface area contributed by atoms with Crippen LogP contribution in [0, 0.1) is 11.3 Å². The maximum Gasteiger partial charge on any atom is 0.405 e. The highest BCUT2D eigenvalue weighted by Gasteiger charge is 2.54. The zero-order valence-electron chi connectivity index (χ0n) is 10.5. The number of carboxylic acid groups (broad SMARTS) is 1. The van der Waals surface area contributed by atoms with E-state index in [1.807, 2.05) is 6.08 Å². The van der Waals surface area contributed by atoms with Gasteiger partial charge in [-0.1, -0.05) is 29.9 Å². The highest BCUT2D eigenvalue weighted by molar-refractivity contribution is 7.80. The SMILES string of the molecule is O=C(O)NC1CN=C(Cl)C23CN=NC2=CCCC3C1=S. The Kier molecular flexibility index (Phi) is 3.33. The van der Waals surface area contributed by atoms with Crippen LogP contribution in [-0.4, -0.2) is 40.4 Å². The van der Waals surface area contributed by atoms with Gasteiger partial charge in [0.2, 0.25) is 0 Å². The molecule has 106 valence electrons. The smallest absolute Gasteiger partial charge is 0.405 e. The molecule has 6 nitrogen and oxygen atoms in total. The summed E-state index contributed by atoms with van der Waals surface area (Å²) in [4.78, 5) is 15.9. The minimum absolute atomic E-state index is 0.0527. The zero-order valence-corrected chi connectivity index (χ0v) is 12.1. The van der Waals surface area contributed by atoms with Crippen LogP contribution in [0.1, 0.15) is 12.8 Å². The summed E-state index contributed by atoms with van der Waals surface area (Å²) in [6.07, 6.45) is 2.58. The second-order valence-electron chi connectivity index (χ2n) is 5.13. The molecule has 20 heavy (non-hydrogen) atoms. The molecule has 0 fully saturated rings. The van der Waals surface area contributed by atoms with Gasteiger partial charge in [-0.05, 0) is 12.8 Å². The third-order valence-corrected chi connectivity index (χ3v) is 5.13. The molecule has 0 saturated carbocycles. The van der Waals surface area contributed by atoms with Crippen molar-refractivity contribution in [3.63, 3.8) is 0 Å². The van der Waals surface area contributed by atoms with E-state index in [4.69, 9.17) is 28.9 Å². The van der Waals surface area contributed by atoms with Crippen molar-refractivity contribution in [2.24, 2.45) is 26.6 Å². The first-order chi connectivity index (χ1) is 9.55. The molecule has 3 unspecified atom stereocenters. The van der Waals surface area contributed by atoms with Gasteiger partial charge in [-0.2, -0.15) is 10.2 Å². The van der Waals surface area contributed by atoms with Gasteiger partial charge in [0.25, 0.3) is 0 Å². The van der Waals surface area contributed by atoms with Gasteiger partial charge in [-0.15, -0.1) is 0 Å². The predicted octanol–water partition coefficient (Wildman–Crippen LogP) is 2.39. The molecule has 3 aliphatic rings. The predicted molar refractivity (Wildman–Crippen MR) is 78.7 cm³/mol. The highest BCUT2D eigenvalue weighted by Crippen LogP contribution is 2.50. The summed E-state index contributed by atoms with van der Waals surface area (Å²) in [5.41, 5.74) is 0.257. The molecule has 2 aliphatic heterocycles. The third-order valence-electron chi connectivity index (χ3n) is 4.11. The summed E-state index contributed by atoms with van der Waals surface area (Å²) >= 11 is 11.9. The van der Waals surface area contributed by atoms with Gasteiger partial charge in [0, 0.05) is 10.8 Å². The highest BCUT2D eigenvalue weighted by atomic mass is 35.5. The topological polar surface area (TPSA) is 86.4 Å². The standard InChI is InChI=1S/C12H13ClN4O2S/c13-10-12-5-15-17-8(12)3-1-2-6(12)9(20)7(4-14-10)16-11(18)19/h3,6-7,16H,1-2,4-5H2,(H,18,19). The van der Waals surface area contributed by atoms with Crippen molar-refractivity contribution in [2.75, 3.05) is 13.1 Å². The number of allylic oxidation sites excluding steroid dienone is 1. The largest absolute Gasteiger partial charge is 0.465 e. The molecule has 0 aromatic rings. The molecule has 1 amide bonds. The first kappa shape index (κ1) is 13.6. The van der Waals surface area contributed by atoms with Gasteiger partial charge in [-0.3, -0.25) is 4.99 Å². The Morgan fingerprint density at radius 1 is 1.60 bits per heavy atom. The Hall–Kier alpha value is -1.34. The molecule has 0 aromatic carbocycles. The van der Waals surface area contributed by atoms with Crippen molar-refractivity contribution < 1.29 is 9.90 Å². The van der Waals surface area contributed by atoms with E-state index in [0.717, 1.165) is 18.5 Å². The number of halogens is 1. The molecule has 0 radical (unpaired) electrons. The number of hydrogen-bond donors (Lipinski definition) is 2. The second kappa shape index (κ2) is 4.89. The van der Waals surface area contributed by atoms with Gasteiger partial charge < -0.3 is 10.4 Å². The Labute approximate surface area is 126 Å². The molecule has 3 atom stereocenters. The van der Waals surface area contributed by atoms with Crippen LogP contribution < -0.4 is 5.32 Å². The van der Waals surface area contributed by atoms with Crippen molar-refractivity contribution in [3.05, 3.63) is 11.8 Å². The molecular formula is C12H13ClN4O2S. The number of azo groups is 1. The van der Waals surface area contributed by atoms with Crippen molar-refractivity contribution in [1.82, 2.24) is 5.32 Å². The summed E-state index contributed by atoms with van der Waals surface area (Å²) in [5.74, 6) is -0.0527. The molecule has 1 aliphatic carbocycles. The van der Waals surface area contributed by atoms with Crippen molar-refractivity contribution >= 4 is 39.9 Å². The number of amides is 1. The van der Waals surface area contributed by atoms with Crippen molar-refractivity contribution in [3.8, 4) is 0 Å². The average Bonchev–Trinajstić information content (AvgIpc) is 2.82. The fourth-order valence-corrected chi connectivity index (χ4v) is 3.96. The Balaban J connectivity index is 2.02. The Morgan fingerprint density at radius 2 is 2.40 bits per heavy atom. The van der Waals surface area contributed by atoms with Crippen molar-refractivity contribution in [1.29, 1.82) is 0 Å². The van der Waals surface area contributed by atoms with E-state index in [-0.39, 0.29) is 12.5 Å². The van der Waals surface area contributed by atoms with Crippen LogP contribution in [0.5, 0.6) is 0 Å². The molecule has 0 saturated heterocycles. The maximum absolute atomic E-state index is 10.9. The number of rotatable bonds is 1. The van der Waals surface area contributed by atoms with Gasteiger partial charge in [-0.25, -0.2) is 4.79 Å². The minimum Gasteiger partial charge on any atom is -0.465 e. The van der Waals surface area contributed by atoms with Gasteiger partial charge >= 0.3 is 6.09 Å². The lowest BCUT2D eigenvalue weighted by Gasteiger charge is -2.38. The zero-order chi connectivity index (χ0) is 14.3. The van der Waals surface area contributed by atoms with Gasteiger partial charge in [0.1, 0.15) is 5.17 Å². The normalized spacial score (nSPS) is 35.5. The van der Waals surface area contributed by atoms with Crippen LogP contribution in [0.3, 0.4) is 0 Å². The molecule has 1 spiro atoms. The van der Waals surface area contributed by atoms with E-state index < -0.39 is 17.6 Å². The number of aliphatic imine (C=N–C) groups is 1. The number of thiocarbonyl (C=S) groups is 1. The fraction of sp³-hybridized carbons (Fsp3) is 0.583. The average molecular weight is 313 g/mol. The maximum atomic E-state index is 10.9. The molecule has 0 aromatic heterocycles. The number of nitrogens with zero attached hydrogens (tertiary/aromatic N) is 3. The molecule has 2 N–H and O–H groups in total. The van der Waals surface area contributed by atoms with Crippen LogP contribution in [0.4, 0.5) is 4.79 Å². The first-order valence-electron chi connectivity index (χ1n) is 6.37. The summed E-state index contributed by atoms with van der Waals surface area (Å²) < 4.78 is 0. The third kappa shape index (κ3) is 1.88. The number of carbonyl (C=O) groups is 1. The van der Waals surface area contributed by atoms with E-state index in [9.17, 15) is 4.79 Å². The quantitative estimate of drug-likeness (QED) is 0.729. The lowest BCUT2D eigenvalue weighted by atomic mass is 9.67. The lowest BCUT2D eigenvalue weighted by molar-refractivity contribution is 0.193. The lowest BCUT2D eigenvalue weighted by Crippen LogP contribution is -2.49. The van der Waals surface area contributed by atoms with Crippen LogP contribution in [0.15, 0.2) is 27.0 Å². The summed E-state index contributed by atoms with van der Waals surface area (Å²) in [6.45, 7) is 0.668. The van der Waals surface area contributed by atoms with Crippen LogP contribution >= 0.6 is 23.8 Å². The fourth-order valence-electron chi connectivity index (χ4n) is 3.15. The van der Waals surface area contributed by atoms with Gasteiger partial charge in [0.15, 0.2) is 0 Å². The van der Waals surface area contributed by atoms with E-state index >= 15 is 0 Å². The molecular weight excluding hydrogens is 300 g/mol. The Morgan fingerprint density at radius 3 is 3.15 bits per heavy atom. The molecule has 2 heterocycles. The van der Waals surface area contributed by atoms with E-state index in [2.05, 4.69) is 20.5 Å². The monoisotopic (exact) mass is 312 g/mol. The molecule has 8 heteroatoms. The summed E-state index contributed by atoms with van der Waals surface area (Å²) in [6, 6.07) is -0.486. The summed E-state index contributed by atoms with van der Waals surface area (Å²) in [5, 5.41) is 20.1. The molecule has 0 bridgehead atoms. The van der Waals surface area contributed by atoms with Gasteiger partial charge in [0.05, 0.1) is 30.2 Å². The number of nitrogens with one attached hydrogen (secondary N) is 1. The molecule has 3 rings (SSSR count). The first-order valence-corrected chi connectivity index (χ1v) is 7.16. The second-order valence-corrected chi connectivity index (χ2v) is 5.96. The minimum atomic E-state index is -1.10. The Bertz CT molecular complexity index is 574. The summed E-state index contributed by atoms with van der Waals surface area (Å²) in [7, 11) is 0. The van der Waals surface area contributed by atoms with Crippen molar-refractivity contribution in [2.45, 2.75) is 18.9 Å². The van der Waals surface area contributed by atoms with Crippen LogP contribution in [-0.2, 0) is 0 Å². The van der Waals surface area contributed by atoms with Crippen LogP contribution in [0.25, 0.3) is 0 Å². The van der Waals surface area contributed by atoms with E-state index in [1.54, 1.807) is 0 Å². The van der Waals surface area contributed by atoms with E-state index in [0.29, 0.717) is 16.6 Å². The van der Waals surface area contributed by atoms with E-state index in [1.165, 1.54) is 0 Å².